The van der Waals surface area contributed by atoms with Crippen LogP contribution >= 0.6 is 11.6 Å². The van der Waals surface area contributed by atoms with Crippen molar-refractivity contribution >= 4 is 11.6 Å². The minimum Gasteiger partial charge on any atom is -0.320 e. The number of hydrogen-bond acceptors (Lipinski definition) is 3. The normalized spacial score (nSPS) is 12.5. The van der Waals surface area contributed by atoms with Crippen LogP contribution in [0, 0.1) is 0 Å². The predicted molar refractivity (Wildman–Crippen MR) is 83.8 cm³/mol. The lowest BCUT2D eigenvalue weighted by Crippen LogP contribution is -2.30. The maximum Gasteiger partial charge on any atom is 0.0837 e. The third-order valence-electron chi connectivity index (χ3n) is 2.98. The summed E-state index contributed by atoms with van der Waals surface area (Å²) < 4.78 is 0. The van der Waals surface area contributed by atoms with Crippen LogP contribution in [0.3, 0.4) is 0 Å². The zero-order chi connectivity index (χ0) is 13.8. The molecule has 0 heterocycles. The highest BCUT2D eigenvalue weighted by Gasteiger charge is 2.02. The van der Waals surface area contributed by atoms with Gasteiger partial charge in [0.15, 0.2) is 0 Å². The largest absolute Gasteiger partial charge is 0.320 e. The zero-order valence-corrected chi connectivity index (χ0v) is 12.5. The van der Waals surface area contributed by atoms with Gasteiger partial charge in [0, 0.05) is 6.54 Å². The van der Waals surface area contributed by atoms with E-state index in [4.69, 9.17) is 11.6 Å². The highest BCUT2D eigenvalue weighted by atomic mass is 35.5. The molecule has 1 aromatic carbocycles. The topological polar surface area (TPSA) is 36.1 Å². The molecular formula is C15H26ClN3. The van der Waals surface area contributed by atoms with Gasteiger partial charge in [-0.1, -0.05) is 30.3 Å². The Kier molecular flexibility index (Phi) is 9.72. The molecule has 1 unspecified atom stereocenters. The molecule has 1 atom stereocenters. The molecule has 0 saturated heterocycles. The second-order valence-corrected chi connectivity index (χ2v) is 5.18. The summed E-state index contributed by atoms with van der Waals surface area (Å²) in [6, 6.07) is 10.5. The summed E-state index contributed by atoms with van der Waals surface area (Å²) in [6.07, 6.45) is 3.14. The van der Waals surface area contributed by atoms with Crippen LogP contribution in [0.2, 0.25) is 0 Å². The molecule has 108 valence electrons. The van der Waals surface area contributed by atoms with Gasteiger partial charge in [0.05, 0.1) is 5.50 Å². The average molecular weight is 284 g/mol. The number of hydrogen-bond donors (Lipinski definition) is 3. The van der Waals surface area contributed by atoms with E-state index in [-0.39, 0.29) is 5.50 Å². The summed E-state index contributed by atoms with van der Waals surface area (Å²) in [7, 11) is 1.98. The molecule has 1 aromatic rings. The van der Waals surface area contributed by atoms with Crippen molar-refractivity contribution in [3.63, 3.8) is 0 Å². The van der Waals surface area contributed by atoms with Gasteiger partial charge >= 0.3 is 0 Å². The average Bonchev–Trinajstić information content (AvgIpc) is 2.44. The van der Waals surface area contributed by atoms with Crippen LogP contribution in [-0.2, 0) is 6.42 Å². The third-order valence-corrected chi connectivity index (χ3v) is 3.35. The first-order valence-corrected chi connectivity index (χ1v) is 7.53. The zero-order valence-electron chi connectivity index (χ0n) is 11.8. The Morgan fingerprint density at radius 1 is 1.05 bits per heavy atom. The Bertz CT molecular complexity index is 306. The number of alkyl halides is 1. The number of nitrogens with one attached hydrogen (secondary N) is 3. The molecule has 3 N–H and O–H groups in total. The van der Waals surface area contributed by atoms with Gasteiger partial charge in [0.25, 0.3) is 0 Å². The van der Waals surface area contributed by atoms with E-state index in [1.165, 1.54) is 5.56 Å². The fourth-order valence-corrected chi connectivity index (χ4v) is 2.08. The predicted octanol–water partition coefficient (Wildman–Crippen LogP) is 1.97. The molecule has 0 fully saturated rings. The maximum absolute atomic E-state index is 6.22. The summed E-state index contributed by atoms with van der Waals surface area (Å²) in [5.74, 6) is 0. The van der Waals surface area contributed by atoms with Crippen LogP contribution in [0.25, 0.3) is 0 Å². The van der Waals surface area contributed by atoms with Crippen LogP contribution in [0.4, 0.5) is 0 Å². The summed E-state index contributed by atoms with van der Waals surface area (Å²) in [6.45, 7) is 4.01. The second kappa shape index (κ2) is 11.2. The molecule has 0 aliphatic heterocycles. The first kappa shape index (κ1) is 16.4. The molecule has 0 spiro atoms. The molecule has 0 aliphatic carbocycles. The Hall–Kier alpha value is -0.610. The van der Waals surface area contributed by atoms with Crippen LogP contribution in [0.1, 0.15) is 18.4 Å². The highest BCUT2D eigenvalue weighted by Crippen LogP contribution is 2.00. The molecule has 0 radical (unpaired) electrons. The number of benzene rings is 1. The van der Waals surface area contributed by atoms with Crippen molar-refractivity contribution < 1.29 is 0 Å². The van der Waals surface area contributed by atoms with Gasteiger partial charge in [-0.2, -0.15) is 0 Å². The molecule has 0 saturated carbocycles. The van der Waals surface area contributed by atoms with Crippen molar-refractivity contribution in [1.82, 2.24) is 16.0 Å². The lowest BCUT2D eigenvalue weighted by Gasteiger charge is -2.12. The van der Waals surface area contributed by atoms with E-state index in [9.17, 15) is 0 Å². The summed E-state index contributed by atoms with van der Waals surface area (Å²) in [5.41, 5.74) is 1.41. The lowest BCUT2D eigenvalue weighted by atomic mass is 10.1. The van der Waals surface area contributed by atoms with Gasteiger partial charge < -0.3 is 16.0 Å². The van der Waals surface area contributed by atoms with E-state index in [0.29, 0.717) is 0 Å². The minimum atomic E-state index is 0.0560. The van der Waals surface area contributed by atoms with E-state index < -0.39 is 0 Å². The van der Waals surface area contributed by atoms with Crippen LogP contribution in [-0.4, -0.2) is 38.7 Å². The van der Waals surface area contributed by atoms with Crippen molar-refractivity contribution in [2.24, 2.45) is 0 Å². The Balaban J connectivity index is 1.94. The summed E-state index contributed by atoms with van der Waals surface area (Å²) in [4.78, 5) is 0. The van der Waals surface area contributed by atoms with Gasteiger partial charge in [-0.15, -0.1) is 11.6 Å². The summed E-state index contributed by atoms with van der Waals surface area (Å²) >= 11 is 6.22. The van der Waals surface area contributed by atoms with Crippen LogP contribution in [0.5, 0.6) is 0 Å². The maximum atomic E-state index is 6.22. The third kappa shape index (κ3) is 9.00. The lowest BCUT2D eigenvalue weighted by molar-refractivity contribution is 0.551. The molecule has 19 heavy (non-hydrogen) atoms. The van der Waals surface area contributed by atoms with E-state index in [2.05, 4.69) is 40.2 Å². The first-order valence-electron chi connectivity index (χ1n) is 7.09. The van der Waals surface area contributed by atoms with Gasteiger partial charge in [-0.25, -0.2) is 0 Å². The number of rotatable bonds is 11. The molecule has 3 nitrogen and oxygen atoms in total. The van der Waals surface area contributed by atoms with Crippen molar-refractivity contribution in [2.75, 3.05) is 33.2 Å². The Morgan fingerprint density at radius 3 is 2.58 bits per heavy atom. The van der Waals surface area contributed by atoms with Crippen LogP contribution < -0.4 is 16.0 Å². The minimum absolute atomic E-state index is 0.0560. The van der Waals surface area contributed by atoms with Crippen molar-refractivity contribution in [3.8, 4) is 0 Å². The van der Waals surface area contributed by atoms with Gasteiger partial charge in [-0.3, -0.25) is 0 Å². The smallest absolute Gasteiger partial charge is 0.0837 e. The summed E-state index contributed by atoms with van der Waals surface area (Å²) in [5, 5.41) is 9.87. The molecule has 1 rings (SSSR count). The van der Waals surface area contributed by atoms with Gasteiger partial charge in [-0.05, 0) is 51.5 Å². The van der Waals surface area contributed by atoms with Gasteiger partial charge in [0.2, 0.25) is 0 Å². The molecular weight excluding hydrogens is 258 g/mol. The molecule has 0 aromatic heterocycles. The molecule has 0 bridgehead atoms. The standard InChI is InChI=1S/C15H26ClN3/c1-17-10-5-11-18-12-9-15(16)19-13-8-14-6-3-2-4-7-14/h2-4,6-7,15,17-19H,5,8-13H2,1H3. The Morgan fingerprint density at radius 2 is 1.84 bits per heavy atom. The molecule has 4 heteroatoms. The van der Waals surface area contributed by atoms with E-state index in [1.54, 1.807) is 0 Å². The first-order chi connectivity index (χ1) is 9.33. The second-order valence-electron chi connectivity index (χ2n) is 4.65. The van der Waals surface area contributed by atoms with Crippen LogP contribution in [0.15, 0.2) is 30.3 Å². The monoisotopic (exact) mass is 283 g/mol. The van der Waals surface area contributed by atoms with E-state index >= 15 is 0 Å². The molecule has 0 amide bonds. The van der Waals surface area contributed by atoms with Crippen molar-refractivity contribution in [3.05, 3.63) is 35.9 Å². The van der Waals surface area contributed by atoms with Crippen molar-refractivity contribution in [2.45, 2.75) is 24.8 Å². The van der Waals surface area contributed by atoms with Gasteiger partial charge in [0.1, 0.15) is 0 Å². The van der Waals surface area contributed by atoms with Crippen molar-refractivity contribution in [1.29, 1.82) is 0 Å². The highest BCUT2D eigenvalue weighted by molar-refractivity contribution is 6.20. The molecule has 0 aliphatic rings. The quantitative estimate of drug-likeness (QED) is 0.330. The number of halogens is 1. The van der Waals surface area contributed by atoms with E-state index in [0.717, 1.165) is 45.4 Å². The SMILES string of the molecule is CNCCCNCCC(Cl)NCCc1ccccc1. The van der Waals surface area contributed by atoms with E-state index in [1.807, 2.05) is 13.1 Å². The fourth-order valence-electron chi connectivity index (χ4n) is 1.86. The fraction of sp³-hybridized carbons (Fsp3) is 0.600. The Labute approximate surface area is 122 Å².